The average molecular weight is 263 g/mol. The van der Waals surface area contributed by atoms with E-state index in [9.17, 15) is 4.79 Å². The van der Waals surface area contributed by atoms with Crippen LogP contribution in [0.3, 0.4) is 0 Å². The molecule has 4 heteroatoms. The second-order valence-electron chi connectivity index (χ2n) is 5.00. The molecular weight excluding hydrogens is 242 g/mol. The summed E-state index contributed by atoms with van der Waals surface area (Å²) >= 11 is 0. The van der Waals surface area contributed by atoms with Crippen molar-refractivity contribution in [3.63, 3.8) is 0 Å². The SMILES string of the molecule is O=C(OCc1ccccc1)[C@H](CC1CC1)NCCO. The maximum Gasteiger partial charge on any atom is 0.323 e. The molecule has 0 amide bonds. The number of hydrogen-bond donors (Lipinski definition) is 2. The molecule has 0 aromatic heterocycles. The molecule has 1 saturated carbocycles. The van der Waals surface area contributed by atoms with Gasteiger partial charge in [0.1, 0.15) is 12.6 Å². The zero-order chi connectivity index (χ0) is 13.5. The predicted molar refractivity (Wildman–Crippen MR) is 72.5 cm³/mol. The van der Waals surface area contributed by atoms with Crippen LogP contribution in [0.15, 0.2) is 30.3 Å². The van der Waals surface area contributed by atoms with Crippen molar-refractivity contribution in [2.45, 2.75) is 31.9 Å². The minimum atomic E-state index is -0.289. The van der Waals surface area contributed by atoms with Gasteiger partial charge in [-0.1, -0.05) is 43.2 Å². The van der Waals surface area contributed by atoms with Crippen LogP contribution in [0.5, 0.6) is 0 Å². The highest BCUT2D eigenvalue weighted by Gasteiger charge is 2.29. The molecule has 0 saturated heterocycles. The summed E-state index contributed by atoms with van der Waals surface area (Å²) < 4.78 is 5.33. The minimum Gasteiger partial charge on any atom is -0.460 e. The minimum absolute atomic E-state index is 0.0349. The van der Waals surface area contributed by atoms with Crippen molar-refractivity contribution >= 4 is 5.97 Å². The van der Waals surface area contributed by atoms with Crippen molar-refractivity contribution < 1.29 is 14.6 Å². The fraction of sp³-hybridized carbons (Fsp3) is 0.533. The van der Waals surface area contributed by atoms with Crippen molar-refractivity contribution in [3.8, 4) is 0 Å². The summed E-state index contributed by atoms with van der Waals surface area (Å²) in [6.45, 7) is 0.770. The van der Waals surface area contributed by atoms with Crippen molar-refractivity contribution in [1.82, 2.24) is 5.32 Å². The van der Waals surface area contributed by atoms with Gasteiger partial charge in [-0.2, -0.15) is 0 Å². The van der Waals surface area contributed by atoms with Gasteiger partial charge in [0.2, 0.25) is 0 Å². The second kappa shape index (κ2) is 7.26. The molecule has 19 heavy (non-hydrogen) atoms. The first-order chi connectivity index (χ1) is 9.29. The van der Waals surface area contributed by atoms with E-state index in [2.05, 4.69) is 5.32 Å². The number of benzene rings is 1. The second-order valence-corrected chi connectivity index (χ2v) is 5.00. The van der Waals surface area contributed by atoms with Gasteiger partial charge in [-0.3, -0.25) is 4.79 Å². The summed E-state index contributed by atoms with van der Waals surface area (Å²) in [6, 6.07) is 9.37. The maximum atomic E-state index is 12.0. The molecule has 0 unspecified atom stereocenters. The van der Waals surface area contributed by atoms with E-state index in [1.54, 1.807) is 0 Å². The molecule has 4 nitrogen and oxygen atoms in total. The number of esters is 1. The van der Waals surface area contributed by atoms with Crippen LogP contribution in [0, 0.1) is 5.92 Å². The quantitative estimate of drug-likeness (QED) is 0.698. The topological polar surface area (TPSA) is 58.6 Å². The number of carbonyl (C=O) groups is 1. The molecule has 1 aromatic carbocycles. The summed E-state index contributed by atoms with van der Waals surface area (Å²) in [4.78, 5) is 12.0. The first-order valence-corrected chi connectivity index (χ1v) is 6.84. The highest BCUT2D eigenvalue weighted by Crippen LogP contribution is 2.33. The van der Waals surface area contributed by atoms with E-state index >= 15 is 0 Å². The molecule has 0 aliphatic heterocycles. The largest absolute Gasteiger partial charge is 0.460 e. The standard InChI is InChI=1S/C15H21NO3/c17-9-8-16-14(10-12-6-7-12)15(18)19-11-13-4-2-1-3-5-13/h1-5,12,14,16-17H,6-11H2/t14-/m0/s1. The van der Waals surface area contributed by atoms with Crippen LogP contribution in [0.2, 0.25) is 0 Å². The number of aliphatic hydroxyl groups excluding tert-OH is 1. The molecule has 2 rings (SSSR count). The summed E-state index contributed by atoms with van der Waals surface area (Å²) in [6.07, 6.45) is 3.21. The third-order valence-corrected chi connectivity index (χ3v) is 3.28. The lowest BCUT2D eigenvalue weighted by Crippen LogP contribution is -2.39. The van der Waals surface area contributed by atoms with E-state index < -0.39 is 0 Å². The molecule has 0 heterocycles. The van der Waals surface area contributed by atoms with E-state index in [1.807, 2.05) is 30.3 Å². The zero-order valence-electron chi connectivity index (χ0n) is 11.0. The molecular formula is C15H21NO3. The molecule has 1 aliphatic carbocycles. The highest BCUT2D eigenvalue weighted by molar-refractivity contribution is 5.75. The van der Waals surface area contributed by atoms with Gasteiger partial charge < -0.3 is 15.2 Å². The lowest BCUT2D eigenvalue weighted by atomic mass is 10.1. The number of hydrogen-bond acceptors (Lipinski definition) is 4. The Bertz CT molecular complexity index is 390. The Morgan fingerprint density at radius 3 is 2.74 bits per heavy atom. The summed E-state index contributed by atoms with van der Waals surface area (Å²) in [7, 11) is 0. The summed E-state index contributed by atoms with van der Waals surface area (Å²) in [5, 5.41) is 11.9. The first-order valence-electron chi connectivity index (χ1n) is 6.84. The molecule has 1 atom stereocenters. The zero-order valence-corrected chi connectivity index (χ0v) is 11.0. The van der Waals surface area contributed by atoms with Gasteiger partial charge in [-0.05, 0) is 17.9 Å². The third-order valence-electron chi connectivity index (χ3n) is 3.28. The van der Waals surface area contributed by atoms with E-state index in [0.29, 0.717) is 19.1 Å². The fourth-order valence-electron chi connectivity index (χ4n) is 2.02. The molecule has 1 aliphatic rings. The Hall–Kier alpha value is -1.39. The summed E-state index contributed by atoms with van der Waals surface area (Å²) in [5.74, 6) is 0.421. The Morgan fingerprint density at radius 1 is 1.37 bits per heavy atom. The van der Waals surface area contributed by atoms with Crippen LogP contribution in [0.25, 0.3) is 0 Å². The molecule has 2 N–H and O–H groups in total. The molecule has 0 spiro atoms. The van der Waals surface area contributed by atoms with Gasteiger partial charge in [0.25, 0.3) is 0 Å². The lowest BCUT2D eigenvalue weighted by Gasteiger charge is -2.16. The molecule has 1 aromatic rings. The number of aliphatic hydroxyl groups is 1. The van der Waals surface area contributed by atoms with Crippen LogP contribution in [-0.2, 0) is 16.1 Å². The van der Waals surface area contributed by atoms with Gasteiger partial charge >= 0.3 is 5.97 Å². The number of carbonyl (C=O) groups excluding carboxylic acids is 1. The monoisotopic (exact) mass is 263 g/mol. The number of rotatable bonds is 8. The molecule has 0 radical (unpaired) electrons. The summed E-state index contributed by atoms with van der Waals surface area (Å²) in [5.41, 5.74) is 0.989. The maximum absolute atomic E-state index is 12.0. The van der Waals surface area contributed by atoms with Crippen LogP contribution < -0.4 is 5.32 Å². The normalized spacial score (nSPS) is 16.1. The van der Waals surface area contributed by atoms with Gasteiger partial charge in [0.05, 0.1) is 6.61 Å². The average Bonchev–Trinajstić information content (AvgIpc) is 3.26. The lowest BCUT2D eigenvalue weighted by molar-refractivity contribution is -0.147. The van der Waals surface area contributed by atoms with E-state index in [-0.39, 0.29) is 18.6 Å². The van der Waals surface area contributed by atoms with E-state index in [0.717, 1.165) is 12.0 Å². The Labute approximate surface area is 113 Å². The van der Waals surface area contributed by atoms with Crippen molar-refractivity contribution in [1.29, 1.82) is 0 Å². The van der Waals surface area contributed by atoms with Crippen molar-refractivity contribution in [2.75, 3.05) is 13.2 Å². The Kier molecular flexibility index (Phi) is 5.36. The van der Waals surface area contributed by atoms with Gasteiger partial charge in [0, 0.05) is 6.54 Å². The van der Waals surface area contributed by atoms with Gasteiger partial charge in [-0.15, -0.1) is 0 Å². The Balaban J connectivity index is 1.80. The van der Waals surface area contributed by atoms with Crippen molar-refractivity contribution in [3.05, 3.63) is 35.9 Å². The van der Waals surface area contributed by atoms with Gasteiger partial charge in [-0.25, -0.2) is 0 Å². The van der Waals surface area contributed by atoms with Crippen LogP contribution >= 0.6 is 0 Å². The van der Waals surface area contributed by atoms with E-state index in [1.165, 1.54) is 12.8 Å². The van der Waals surface area contributed by atoms with Crippen molar-refractivity contribution in [2.24, 2.45) is 5.92 Å². The Morgan fingerprint density at radius 2 is 2.11 bits per heavy atom. The molecule has 1 fully saturated rings. The number of ether oxygens (including phenoxy) is 1. The predicted octanol–water partition coefficient (Wildman–Crippen LogP) is 1.48. The fourth-order valence-corrected chi connectivity index (χ4v) is 2.02. The van der Waals surface area contributed by atoms with Crippen LogP contribution in [0.1, 0.15) is 24.8 Å². The van der Waals surface area contributed by atoms with Crippen LogP contribution in [-0.4, -0.2) is 30.3 Å². The highest BCUT2D eigenvalue weighted by atomic mass is 16.5. The third kappa shape index (κ3) is 5.01. The molecule has 104 valence electrons. The number of nitrogens with one attached hydrogen (secondary N) is 1. The van der Waals surface area contributed by atoms with Gasteiger partial charge in [0.15, 0.2) is 0 Å². The smallest absolute Gasteiger partial charge is 0.323 e. The first kappa shape index (κ1) is 14.0. The van der Waals surface area contributed by atoms with Crippen LogP contribution in [0.4, 0.5) is 0 Å². The molecule has 0 bridgehead atoms. The van der Waals surface area contributed by atoms with E-state index in [4.69, 9.17) is 9.84 Å².